The predicted octanol–water partition coefficient (Wildman–Crippen LogP) is 3.46. The van der Waals surface area contributed by atoms with Crippen LogP contribution in [0, 0.1) is 6.92 Å². The van der Waals surface area contributed by atoms with Gasteiger partial charge in [0.15, 0.2) is 0 Å². The van der Waals surface area contributed by atoms with Crippen LogP contribution in [0.2, 0.25) is 0 Å². The molecule has 94 valence electrons. The summed E-state index contributed by atoms with van der Waals surface area (Å²) in [6, 6.07) is 7.51. The molecule has 1 aromatic heterocycles. The first-order chi connectivity index (χ1) is 8.60. The maximum atomic E-state index is 11.6. The highest BCUT2D eigenvalue weighted by Gasteiger charge is 2.07. The van der Waals surface area contributed by atoms with Gasteiger partial charge in [0.2, 0.25) is 0 Å². The van der Waals surface area contributed by atoms with E-state index in [0.29, 0.717) is 5.82 Å². The van der Waals surface area contributed by atoms with Gasteiger partial charge in [-0.05, 0) is 37.1 Å². The Balaban J connectivity index is 2.53. The lowest BCUT2D eigenvalue weighted by Crippen LogP contribution is -2.10. The second-order valence-electron chi connectivity index (χ2n) is 4.29. The van der Waals surface area contributed by atoms with Crippen LogP contribution in [-0.2, 0) is 6.42 Å². The van der Waals surface area contributed by atoms with Crippen molar-refractivity contribution >= 4 is 15.9 Å². The first-order valence-corrected chi connectivity index (χ1v) is 6.76. The lowest BCUT2D eigenvalue weighted by atomic mass is 10.1. The smallest absolute Gasteiger partial charge is 0.251 e. The molecule has 2 rings (SSSR count). The van der Waals surface area contributed by atoms with Crippen molar-refractivity contribution in [1.29, 1.82) is 0 Å². The highest BCUT2D eigenvalue weighted by atomic mass is 79.9. The number of hydrogen-bond donors (Lipinski definition) is 1. The molecule has 4 heteroatoms. The molecule has 18 heavy (non-hydrogen) atoms. The van der Waals surface area contributed by atoms with Crippen LogP contribution < -0.4 is 5.56 Å². The second-order valence-corrected chi connectivity index (χ2v) is 5.21. The number of nitrogens with zero attached hydrogens (tertiary/aromatic N) is 1. The summed E-state index contributed by atoms with van der Waals surface area (Å²) in [7, 11) is 0. The highest BCUT2D eigenvalue weighted by Crippen LogP contribution is 2.22. The number of hydrogen-bond acceptors (Lipinski definition) is 2. The molecule has 2 aromatic rings. The maximum absolute atomic E-state index is 11.6. The molecule has 0 aliphatic carbocycles. The molecule has 3 nitrogen and oxygen atoms in total. The molecular weight excluding hydrogens is 292 g/mol. The number of H-pyrrole nitrogens is 1. The van der Waals surface area contributed by atoms with E-state index >= 15 is 0 Å². The Morgan fingerprint density at radius 1 is 1.33 bits per heavy atom. The van der Waals surface area contributed by atoms with Gasteiger partial charge in [0.05, 0.1) is 0 Å². The van der Waals surface area contributed by atoms with Crippen molar-refractivity contribution in [2.75, 3.05) is 0 Å². The average molecular weight is 307 g/mol. The van der Waals surface area contributed by atoms with E-state index in [-0.39, 0.29) is 5.56 Å². The van der Waals surface area contributed by atoms with Gasteiger partial charge in [0.1, 0.15) is 5.82 Å². The zero-order chi connectivity index (χ0) is 13.1. The molecule has 0 saturated carbocycles. The van der Waals surface area contributed by atoms with Crippen molar-refractivity contribution < 1.29 is 0 Å². The normalized spacial score (nSPS) is 10.6. The van der Waals surface area contributed by atoms with E-state index in [1.807, 2.05) is 25.1 Å². The minimum absolute atomic E-state index is 0.0919. The number of nitrogens with one attached hydrogen (secondary N) is 1. The molecule has 0 amide bonds. The average Bonchev–Trinajstić information content (AvgIpc) is 2.28. The molecule has 0 radical (unpaired) electrons. The van der Waals surface area contributed by atoms with E-state index in [1.54, 1.807) is 6.07 Å². The molecule has 0 unspecified atom stereocenters. The Hall–Kier alpha value is -1.42. The van der Waals surface area contributed by atoms with Gasteiger partial charge in [-0.3, -0.25) is 4.79 Å². The van der Waals surface area contributed by atoms with Crippen LogP contribution in [0.5, 0.6) is 0 Å². The number of benzene rings is 1. The quantitative estimate of drug-likeness (QED) is 0.944. The minimum Gasteiger partial charge on any atom is -0.307 e. The van der Waals surface area contributed by atoms with Crippen LogP contribution in [0.15, 0.2) is 33.5 Å². The van der Waals surface area contributed by atoms with E-state index in [4.69, 9.17) is 0 Å². The third kappa shape index (κ3) is 2.88. The minimum atomic E-state index is -0.0919. The Kier molecular flexibility index (Phi) is 3.97. The van der Waals surface area contributed by atoms with Crippen molar-refractivity contribution in [2.45, 2.75) is 26.7 Å². The molecule has 1 heterocycles. The van der Waals surface area contributed by atoms with Gasteiger partial charge < -0.3 is 4.98 Å². The molecule has 1 N–H and O–H groups in total. The summed E-state index contributed by atoms with van der Waals surface area (Å²) < 4.78 is 1.02. The van der Waals surface area contributed by atoms with E-state index in [0.717, 1.165) is 34.1 Å². The van der Waals surface area contributed by atoms with Crippen LogP contribution in [0.1, 0.15) is 24.6 Å². The van der Waals surface area contributed by atoms with Crippen LogP contribution in [0.25, 0.3) is 11.4 Å². The summed E-state index contributed by atoms with van der Waals surface area (Å²) >= 11 is 3.43. The molecule has 0 atom stereocenters. The molecule has 0 aliphatic heterocycles. The molecule has 0 aliphatic rings. The van der Waals surface area contributed by atoms with Gasteiger partial charge in [-0.25, -0.2) is 4.98 Å². The van der Waals surface area contributed by atoms with Crippen molar-refractivity contribution in [3.8, 4) is 11.4 Å². The van der Waals surface area contributed by atoms with Gasteiger partial charge in [-0.1, -0.05) is 29.3 Å². The molecular formula is C14H15BrN2O. The Morgan fingerprint density at radius 3 is 2.78 bits per heavy atom. The topological polar surface area (TPSA) is 45.8 Å². The first kappa shape index (κ1) is 13.0. The van der Waals surface area contributed by atoms with Gasteiger partial charge >= 0.3 is 0 Å². The third-order valence-corrected chi connectivity index (χ3v) is 3.24. The van der Waals surface area contributed by atoms with Crippen molar-refractivity contribution in [2.24, 2.45) is 0 Å². The fourth-order valence-electron chi connectivity index (χ4n) is 1.91. The Morgan fingerprint density at radius 2 is 2.11 bits per heavy atom. The van der Waals surface area contributed by atoms with Gasteiger partial charge in [0.25, 0.3) is 5.56 Å². The lowest BCUT2D eigenvalue weighted by Gasteiger charge is -2.07. The number of aromatic nitrogens is 2. The largest absolute Gasteiger partial charge is 0.307 e. The molecule has 0 fully saturated rings. The zero-order valence-electron chi connectivity index (χ0n) is 10.5. The first-order valence-electron chi connectivity index (χ1n) is 5.97. The number of aryl methyl sites for hydroxylation is 2. The molecule has 0 saturated heterocycles. The summed E-state index contributed by atoms with van der Waals surface area (Å²) in [5.41, 5.74) is 2.80. The standard InChI is InChI=1S/C14H15BrN2O/c1-3-4-11-8-13(18)17-14(16-11)12-6-5-10(15)7-9(12)2/h5-8H,3-4H2,1-2H3,(H,16,17,18). The Bertz CT molecular complexity index is 619. The zero-order valence-corrected chi connectivity index (χ0v) is 12.0. The summed E-state index contributed by atoms with van der Waals surface area (Å²) in [5.74, 6) is 0.649. The van der Waals surface area contributed by atoms with Crippen LogP contribution in [0.4, 0.5) is 0 Å². The second kappa shape index (κ2) is 5.48. The number of aromatic amines is 1. The lowest BCUT2D eigenvalue weighted by molar-refractivity contribution is 0.869. The van der Waals surface area contributed by atoms with Gasteiger partial charge in [0, 0.05) is 21.8 Å². The van der Waals surface area contributed by atoms with E-state index < -0.39 is 0 Å². The summed E-state index contributed by atoms with van der Waals surface area (Å²) in [6.07, 6.45) is 1.81. The monoisotopic (exact) mass is 306 g/mol. The van der Waals surface area contributed by atoms with Gasteiger partial charge in [-0.15, -0.1) is 0 Å². The van der Waals surface area contributed by atoms with Crippen LogP contribution >= 0.6 is 15.9 Å². The third-order valence-electron chi connectivity index (χ3n) is 2.74. The van der Waals surface area contributed by atoms with Crippen molar-refractivity contribution in [1.82, 2.24) is 9.97 Å². The van der Waals surface area contributed by atoms with E-state index in [9.17, 15) is 4.79 Å². The van der Waals surface area contributed by atoms with Crippen LogP contribution in [-0.4, -0.2) is 9.97 Å². The molecule has 0 bridgehead atoms. The van der Waals surface area contributed by atoms with E-state index in [2.05, 4.69) is 32.8 Å². The summed E-state index contributed by atoms with van der Waals surface area (Å²) in [6.45, 7) is 4.08. The Labute approximate surface area is 114 Å². The van der Waals surface area contributed by atoms with E-state index in [1.165, 1.54) is 0 Å². The summed E-state index contributed by atoms with van der Waals surface area (Å²) in [4.78, 5) is 18.9. The van der Waals surface area contributed by atoms with Gasteiger partial charge in [-0.2, -0.15) is 0 Å². The predicted molar refractivity (Wildman–Crippen MR) is 76.7 cm³/mol. The molecule has 0 spiro atoms. The maximum Gasteiger partial charge on any atom is 0.251 e. The fraction of sp³-hybridized carbons (Fsp3) is 0.286. The molecule has 1 aromatic carbocycles. The SMILES string of the molecule is CCCc1cc(=O)[nH]c(-c2ccc(Br)cc2C)n1. The van der Waals surface area contributed by atoms with Crippen molar-refractivity contribution in [3.63, 3.8) is 0 Å². The number of rotatable bonds is 3. The summed E-state index contributed by atoms with van der Waals surface area (Å²) in [5, 5.41) is 0. The van der Waals surface area contributed by atoms with Crippen LogP contribution in [0.3, 0.4) is 0 Å². The fourth-order valence-corrected chi connectivity index (χ4v) is 2.39. The van der Waals surface area contributed by atoms with Crippen molar-refractivity contribution in [3.05, 3.63) is 50.3 Å². The number of halogens is 1. The highest BCUT2D eigenvalue weighted by molar-refractivity contribution is 9.10.